The van der Waals surface area contributed by atoms with Crippen molar-refractivity contribution in [3.8, 4) is 0 Å². The van der Waals surface area contributed by atoms with E-state index in [9.17, 15) is 9.59 Å². The Kier molecular flexibility index (Phi) is 4.95. The zero-order chi connectivity index (χ0) is 18.0. The van der Waals surface area contributed by atoms with E-state index in [-0.39, 0.29) is 5.91 Å². The van der Waals surface area contributed by atoms with Crippen LogP contribution in [0.1, 0.15) is 53.1 Å². The number of amides is 2. The zero-order valence-electron chi connectivity index (χ0n) is 14.7. The topological polar surface area (TPSA) is 72.2 Å². The molecular formula is C20H24N2O2S. The monoisotopic (exact) mass is 356 g/mol. The third-order valence-electron chi connectivity index (χ3n) is 4.75. The molecule has 132 valence electrons. The second-order valence-corrected chi connectivity index (χ2v) is 8.38. The number of nitrogens with one attached hydrogen (secondary N) is 1. The van der Waals surface area contributed by atoms with Crippen molar-refractivity contribution >= 4 is 28.2 Å². The number of rotatable bonds is 5. The first-order valence-electron chi connectivity index (χ1n) is 8.68. The molecule has 0 atom stereocenters. The summed E-state index contributed by atoms with van der Waals surface area (Å²) in [7, 11) is 0. The molecule has 0 spiro atoms. The van der Waals surface area contributed by atoms with Crippen molar-refractivity contribution in [1.82, 2.24) is 0 Å². The minimum absolute atomic E-state index is 0.0857. The van der Waals surface area contributed by atoms with E-state index in [1.165, 1.54) is 16.2 Å². The lowest BCUT2D eigenvalue weighted by Crippen LogP contribution is -2.33. The molecule has 0 saturated heterocycles. The molecule has 2 amide bonds. The van der Waals surface area contributed by atoms with Crippen LogP contribution in [0.4, 0.5) is 5.00 Å². The SMILES string of the molecule is CC(C)(Cc1ccccc1)C(=O)Nc1sc2c(c1C(N)=O)CCCC2. The van der Waals surface area contributed by atoms with Crippen LogP contribution in [0.15, 0.2) is 30.3 Å². The summed E-state index contributed by atoms with van der Waals surface area (Å²) in [5, 5.41) is 3.60. The van der Waals surface area contributed by atoms with Gasteiger partial charge < -0.3 is 11.1 Å². The Morgan fingerprint density at radius 2 is 1.84 bits per heavy atom. The molecule has 2 aromatic rings. The van der Waals surface area contributed by atoms with Crippen molar-refractivity contribution in [3.63, 3.8) is 0 Å². The number of carbonyl (C=O) groups excluding carboxylic acids is 2. The van der Waals surface area contributed by atoms with Gasteiger partial charge in [-0.25, -0.2) is 0 Å². The van der Waals surface area contributed by atoms with E-state index in [2.05, 4.69) is 5.32 Å². The van der Waals surface area contributed by atoms with E-state index in [1.54, 1.807) is 0 Å². The highest BCUT2D eigenvalue weighted by Gasteiger charge is 2.31. The number of thiophene rings is 1. The maximum absolute atomic E-state index is 12.9. The minimum atomic E-state index is -0.583. The number of fused-ring (bicyclic) bond motifs is 1. The predicted molar refractivity (Wildman–Crippen MR) is 102 cm³/mol. The van der Waals surface area contributed by atoms with Crippen molar-refractivity contribution in [1.29, 1.82) is 0 Å². The van der Waals surface area contributed by atoms with E-state index in [0.717, 1.165) is 36.8 Å². The van der Waals surface area contributed by atoms with Crippen LogP contribution in [0.5, 0.6) is 0 Å². The van der Waals surface area contributed by atoms with Crippen LogP contribution in [0.2, 0.25) is 0 Å². The fourth-order valence-electron chi connectivity index (χ4n) is 3.37. The second kappa shape index (κ2) is 7.00. The summed E-state index contributed by atoms with van der Waals surface area (Å²) in [6.45, 7) is 3.85. The van der Waals surface area contributed by atoms with Crippen LogP contribution in [-0.4, -0.2) is 11.8 Å². The van der Waals surface area contributed by atoms with Gasteiger partial charge >= 0.3 is 0 Å². The molecular weight excluding hydrogens is 332 g/mol. The third kappa shape index (κ3) is 3.76. The van der Waals surface area contributed by atoms with Gasteiger partial charge in [-0.1, -0.05) is 44.2 Å². The van der Waals surface area contributed by atoms with E-state index >= 15 is 0 Å². The second-order valence-electron chi connectivity index (χ2n) is 7.28. The van der Waals surface area contributed by atoms with E-state index in [0.29, 0.717) is 17.0 Å². The highest BCUT2D eigenvalue weighted by molar-refractivity contribution is 7.17. The fraction of sp³-hybridized carbons (Fsp3) is 0.400. The largest absolute Gasteiger partial charge is 0.365 e. The number of benzene rings is 1. The molecule has 0 saturated carbocycles. The summed E-state index contributed by atoms with van der Waals surface area (Å²) in [4.78, 5) is 26.0. The Morgan fingerprint density at radius 3 is 2.52 bits per heavy atom. The summed E-state index contributed by atoms with van der Waals surface area (Å²) >= 11 is 1.51. The molecule has 3 rings (SSSR count). The molecule has 0 unspecified atom stereocenters. The number of primary amides is 1. The van der Waals surface area contributed by atoms with Gasteiger partial charge in [0.1, 0.15) is 5.00 Å². The summed E-state index contributed by atoms with van der Waals surface area (Å²) in [6, 6.07) is 9.96. The number of hydrogen-bond donors (Lipinski definition) is 2. The standard InChI is InChI=1S/C20H24N2O2S/c1-20(2,12-13-8-4-3-5-9-13)19(24)22-18-16(17(21)23)14-10-6-7-11-15(14)25-18/h3-5,8-9H,6-7,10-12H2,1-2H3,(H2,21,23)(H,22,24). The third-order valence-corrected chi connectivity index (χ3v) is 5.96. The molecule has 1 aromatic carbocycles. The number of aryl methyl sites for hydroxylation is 1. The van der Waals surface area contributed by atoms with Gasteiger partial charge in [-0.3, -0.25) is 9.59 Å². The first-order valence-corrected chi connectivity index (χ1v) is 9.50. The average Bonchev–Trinajstić information content (AvgIpc) is 2.93. The van der Waals surface area contributed by atoms with E-state index in [1.807, 2.05) is 44.2 Å². The minimum Gasteiger partial charge on any atom is -0.365 e. The fourth-order valence-corrected chi connectivity index (χ4v) is 4.66. The van der Waals surface area contributed by atoms with Gasteiger partial charge in [0.25, 0.3) is 5.91 Å². The van der Waals surface area contributed by atoms with Crippen molar-refractivity contribution in [2.24, 2.45) is 11.1 Å². The molecule has 1 aromatic heterocycles. The lowest BCUT2D eigenvalue weighted by Gasteiger charge is -2.23. The van der Waals surface area contributed by atoms with Crippen LogP contribution in [0, 0.1) is 5.41 Å². The lowest BCUT2D eigenvalue weighted by molar-refractivity contribution is -0.123. The number of hydrogen-bond acceptors (Lipinski definition) is 3. The van der Waals surface area contributed by atoms with Crippen molar-refractivity contribution in [2.45, 2.75) is 46.0 Å². The zero-order valence-corrected chi connectivity index (χ0v) is 15.5. The predicted octanol–water partition coefficient (Wildman–Crippen LogP) is 3.93. The van der Waals surface area contributed by atoms with Crippen molar-refractivity contribution in [2.75, 3.05) is 5.32 Å². The number of nitrogens with two attached hydrogens (primary N) is 1. The number of carbonyl (C=O) groups is 2. The molecule has 0 radical (unpaired) electrons. The molecule has 0 aliphatic heterocycles. The summed E-state index contributed by atoms with van der Waals surface area (Å²) in [6.07, 6.45) is 4.66. The Morgan fingerprint density at radius 1 is 1.16 bits per heavy atom. The van der Waals surface area contributed by atoms with Crippen LogP contribution < -0.4 is 11.1 Å². The van der Waals surface area contributed by atoms with E-state index < -0.39 is 11.3 Å². The van der Waals surface area contributed by atoms with Crippen LogP contribution in [-0.2, 0) is 24.1 Å². The maximum Gasteiger partial charge on any atom is 0.251 e. The molecule has 4 nitrogen and oxygen atoms in total. The highest BCUT2D eigenvalue weighted by Crippen LogP contribution is 2.38. The molecule has 1 aliphatic rings. The van der Waals surface area contributed by atoms with Crippen LogP contribution in [0.3, 0.4) is 0 Å². The highest BCUT2D eigenvalue weighted by atomic mass is 32.1. The van der Waals surface area contributed by atoms with Gasteiger partial charge in [0.05, 0.1) is 5.56 Å². The summed E-state index contributed by atoms with van der Waals surface area (Å²) in [5.41, 5.74) is 7.70. The van der Waals surface area contributed by atoms with Gasteiger partial charge in [-0.05, 0) is 43.2 Å². The smallest absolute Gasteiger partial charge is 0.251 e. The number of anilines is 1. The first-order chi connectivity index (χ1) is 11.9. The Hall–Kier alpha value is -2.14. The van der Waals surface area contributed by atoms with Gasteiger partial charge in [0, 0.05) is 10.3 Å². The van der Waals surface area contributed by atoms with Gasteiger partial charge in [-0.15, -0.1) is 11.3 Å². The Balaban J connectivity index is 1.83. The molecule has 1 heterocycles. The molecule has 5 heteroatoms. The quantitative estimate of drug-likeness (QED) is 0.852. The summed E-state index contributed by atoms with van der Waals surface area (Å²) < 4.78 is 0. The molecule has 0 bridgehead atoms. The van der Waals surface area contributed by atoms with Gasteiger partial charge in [0.2, 0.25) is 5.91 Å². The van der Waals surface area contributed by atoms with E-state index in [4.69, 9.17) is 5.73 Å². The lowest BCUT2D eigenvalue weighted by atomic mass is 9.85. The average molecular weight is 356 g/mol. The molecule has 25 heavy (non-hydrogen) atoms. The normalized spacial score (nSPS) is 14.0. The van der Waals surface area contributed by atoms with Crippen LogP contribution >= 0.6 is 11.3 Å². The van der Waals surface area contributed by atoms with Crippen molar-refractivity contribution in [3.05, 3.63) is 51.9 Å². The molecule has 3 N–H and O–H groups in total. The molecule has 0 fully saturated rings. The van der Waals surface area contributed by atoms with Crippen LogP contribution in [0.25, 0.3) is 0 Å². The van der Waals surface area contributed by atoms with Gasteiger partial charge in [0.15, 0.2) is 0 Å². The Bertz CT molecular complexity index is 794. The molecule has 1 aliphatic carbocycles. The summed E-state index contributed by atoms with van der Waals surface area (Å²) in [5.74, 6) is -0.534. The Labute approximate surface area is 152 Å². The maximum atomic E-state index is 12.9. The van der Waals surface area contributed by atoms with Crippen molar-refractivity contribution < 1.29 is 9.59 Å². The first kappa shape index (κ1) is 17.7. The van der Waals surface area contributed by atoms with Gasteiger partial charge in [-0.2, -0.15) is 0 Å².